The van der Waals surface area contributed by atoms with E-state index in [4.69, 9.17) is 9.84 Å². The summed E-state index contributed by atoms with van der Waals surface area (Å²) in [7, 11) is 0. The number of aryl methyl sites for hydroxylation is 1. The molecule has 0 fully saturated rings. The number of nitro groups is 1. The maximum atomic E-state index is 10.8. The van der Waals surface area contributed by atoms with Crippen LogP contribution in [0.25, 0.3) is 0 Å². The van der Waals surface area contributed by atoms with Gasteiger partial charge in [0.15, 0.2) is 5.82 Å². The Morgan fingerprint density at radius 1 is 1.60 bits per heavy atom. The maximum absolute atomic E-state index is 10.8. The zero-order valence-electron chi connectivity index (χ0n) is 11.4. The second-order valence-corrected chi connectivity index (χ2v) is 4.23. The van der Waals surface area contributed by atoms with Gasteiger partial charge in [-0.1, -0.05) is 0 Å². The van der Waals surface area contributed by atoms with Crippen LogP contribution in [-0.4, -0.2) is 63.7 Å². The first-order valence-electron chi connectivity index (χ1n) is 6.30. The second kappa shape index (κ2) is 8.59. The predicted octanol–water partition coefficient (Wildman–Crippen LogP) is -0.941. The molecule has 0 aliphatic carbocycles. The highest BCUT2D eigenvalue weighted by Gasteiger charge is 2.20. The standard InChI is InChI=1S/C11H20N4O5/c1-9-13-7-11(15(18)19)14(9)8-10(17)6-12-2-4-20-5-3-16/h7,10,12,16-17H,2-6,8H2,1H3. The van der Waals surface area contributed by atoms with E-state index in [9.17, 15) is 15.2 Å². The van der Waals surface area contributed by atoms with Crippen LogP contribution in [0.3, 0.4) is 0 Å². The Hall–Kier alpha value is -1.55. The lowest BCUT2D eigenvalue weighted by Crippen LogP contribution is -2.32. The fourth-order valence-corrected chi connectivity index (χ4v) is 1.68. The van der Waals surface area contributed by atoms with E-state index < -0.39 is 11.0 Å². The van der Waals surface area contributed by atoms with Crippen LogP contribution in [0, 0.1) is 17.0 Å². The summed E-state index contributed by atoms with van der Waals surface area (Å²) in [5.41, 5.74) is 0. The molecule has 9 heteroatoms. The van der Waals surface area contributed by atoms with Gasteiger partial charge in [-0.15, -0.1) is 0 Å². The molecule has 0 aliphatic heterocycles. The van der Waals surface area contributed by atoms with Crippen molar-refractivity contribution in [2.45, 2.75) is 19.6 Å². The van der Waals surface area contributed by atoms with Crippen LogP contribution in [0.15, 0.2) is 6.20 Å². The number of aromatic nitrogens is 2. The third kappa shape index (κ3) is 5.21. The third-order valence-corrected chi connectivity index (χ3v) is 2.65. The van der Waals surface area contributed by atoms with Crippen LogP contribution < -0.4 is 5.32 Å². The molecule has 0 radical (unpaired) electrons. The molecule has 1 heterocycles. The smallest absolute Gasteiger partial charge is 0.342 e. The van der Waals surface area contributed by atoms with Gasteiger partial charge >= 0.3 is 5.82 Å². The molecule has 0 aromatic carbocycles. The Labute approximate surface area is 116 Å². The number of hydrogen-bond donors (Lipinski definition) is 3. The van der Waals surface area contributed by atoms with Crippen molar-refractivity contribution >= 4 is 5.82 Å². The quantitative estimate of drug-likeness (QED) is 0.288. The third-order valence-electron chi connectivity index (χ3n) is 2.65. The minimum Gasteiger partial charge on any atom is -0.394 e. The summed E-state index contributed by atoms with van der Waals surface area (Å²) < 4.78 is 6.41. The van der Waals surface area contributed by atoms with Gasteiger partial charge in [0.1, 0.15) is 18.8 Å². The highest BCUT2D eigenvalue weighted by molar-refractivity contribution is 5.18. The van der Waals surface area contributed by atoms with Crippen molar-refractivity contribution < 1.29 is 19.9 Å². The van der Waals surface area contributed by atoms with Gasteiger partial charge in [0.25, 0.3) is 0 Å². The van der Waals surface area contributed by atoms with Gasteiger partial charge in [0.2, 0.25) is 0 Å². The maximum Gasteiger partial charge on any atom is 0.342 e. The van der Waals surface area contributed by atoms with Crippen molar-refractivity contribution in [3.05, 3.63) is 22.1 Å². The van der Waals surface area contributed by atoms with E-state index in [1.807, 2.05) is 0 Å². The first-order valence-corrected chi connectivity index (χ1v) is 6.30. The van der Waals surface area contributed by atoms with Gasteiger partial charge in [-0.3, -0.25) is 0 Å². The van der Waals surface area contributed by atoms with Gasteiger partial charge < -0.3 is 30.4 Å². The average molecular weight is 288 g/mol. The van der Waals surface area contributed by atoms with Crippen LogP contribution >= 0.6 is 0 Å². The number of ether oxygens (including phenoxy) is 1. The Kier molecular flexibility index (Phi) is 7.09. The highest BCUT2D eigenvalue weighted by Crippen LogP contribution is 2.13. The number of aliphatic hydroxyl groups is 2. The van der Waals surface area contributed by atoms with E-state index >= 15 is 0 Å². The van der Waals surface area contributed by atoms with Crippen molar-refractivity contribution in [2.24, 2.45) is 0 Å². The molecule has 0 amide bonds. The number of rotatable bonds is 10. The van der Waals surface area contributed by atoms with E-state index in [1.54, 1.807) is 6.92 Å². The summed E-state index contributed by atoms with van der Waals surface area (Å²) in [6.45, 7) is 3.26. The fourth-order valence-electron chi connectivity index (χ4n) is 1.68. The molecule has 1 atom stereocenters. The topological polar surface area (TPSA) is 123 Å². The lowest BCUT2D eigenvalue weighted by molar-refractivity contribution is -0.392. The number of nitrogens with one attached hydrogen (secondary N) is 1. The molecule has 0 spiro atoms. The van der Waals surface area contributed by atoms with Crippen molar-refractivity contribution in [2.75, 3.05) is 32.9 Å². The van der Waals surface area contributed by atoms with Crippen LogP contribution in [0.5, 0.6) is 0 Å². The van der Waals surface area contributed by atoms with Crippen LogP contribution in [0.2, 0.25) is 0 Å². The van der Waals surface area contributed by atoms with Gasteiger partial charge in [-0.25, -0.2) is 9.55 Å². The molecule has 0 aliphatic rings. The van der Waals surface area contributed by atoms with Crippen LogP contribution in [-0.2, 0) is 11.3 Å². The van der Waals surface area contributed by atoms with Gasteiger partial charge in [0.05, 0.1) is 19.8 Å². The molecule has 1 aromatic rings. The van der Waals surface area contributed by atoms with Gasteiger partial charge in [-0.2, -0.15) is 0 Å². The number of nitrogens with zero attached hydrogens (tertiary/aromatic N) is 3. The second-order valence-electron chi connectivity index (χ2n) is 4.23. The first kappa shape index (κ1) is 16.5. The fraction of sp³-hybridized carbons (Fsp3) is 0.727. The van der Waals surface area contributed by atoms with Crippen molar-refractivity contribution in [1.29, 1.82) is 0 Å². The Morgan fingerprint density at radius 3 is 3.00 bits per heavy atom. The van der Waals surface area contributed by atoms with E-state index in [0.717, 1.165) is 0 Å². The summed E-state index contributed by atoms with van der Waals surface area (Å²) in [6, 6.07) is 0. The Balaban J connectivity index is 2.33. The van der Waals surface area contributed by atoms with E-state index in [-0.39, 0.29) is 32.1 Å². The predicted molar refractivity (Wildman–Crippen MR) is 70.4 cm³/mol. The lowest BCUT2D eigenvalue weighted by Gasteiger charge is -2.11. The summed E-state index contributed by atoms with van der Waals surface area (Å²) in [6.07, 6.45) is 0.414. The van der Waals surface area contributed by atoms with Gasteiger partial charge in [0, 0.05) is 20.0 Å². The lowest BCUT2D eigenvalue weighted by atomic mass is 10.3. The van der Waals surface area contributed by atoms with E-state index in [1.165, 1.54) is 10.8 Å². The first-order chi connectivity index (χ1) is 9.56. The minimum absolute atomic E-state index is 0.0216. The zero-order chi connectivity index (χ0) is 15.0. The van der Waals surface area contributed by atoms with Gasteiger partial charge in [-0.05, 0) is 4.92 Å². The SMILES string of the molecule is Cc1ncc([N+](=O)[O-])n1CC(O)CNCCOCCO. The van der Waals surface area contributed by atoms with E-state index in [0.29, 0.717) is 19.0 Å². The molecule has 0 saturated carbocycles. The summed E-state index contributed by atoms with van der Waals surface area (Å²) >= 11 is 0. The molecule has 0 saturated heterocycles. The number of aliphatic hydroxyl groups excluding tert-OH is 2. The normalized spacial score (nSPS) is 12.6. The monoisotopic (exact) mass is 288 g/mol. The average Bonchev–Trinajstić information content (AvgIpc) is 2.75. The molecular weight excluding hydrogens is 268 g/mol. The Morgan fingerprint density at radius 2 is 2.35 bits per heavy atom. The van der Waals surface area contributed by atoms with E-state index in [2.05, 4.69) is 10.3 Å². The molecule has 20 heavy (non-hydrogen) atoms. The largest absolute Gasteiger partial charge is 0.394 e. The summed E-state index contributed by atoms with van der Waals surface area (Å²) in [4.78, 5) is 14.1. The molecule has 9 nitrogen and oxygen atoms in total. The van der Waals surface area contributed by atoms with Crippen LogP contribution in [0.4, 0.5) is 5.82 Å². The summed E-state index contributed by atoms with van der Waals surface area (Å²) in [5, 5.41) is 32.1. The molecular formula is C11H20N4O5. The number of hydrogen-bond acceptors (Lipinski definition) is 7. The summed E-state index contributed by atoms with van der Waals surface area (Å²) in [5.74, 6) is 0.356. The zero-order valence-corrected chi connectivity index (χ0v) is 11.4. The molecule has 1 unspecified atom stereocenters. The molecule has 1 aromatic heterocycles. The van der Waals surface area contributed by atoms with Crippen LogP contribution in [0.1, 0.15) is 5.82 Å². The minimum atomic E-state index is -0.764. The number of imidazole rings is 1. The molecule has 3 N–H and O–H groups in total. The molecule has 114 valence electrons. The van der Waals surface area contributed by atoms with Crippen molar-refractivity contribution in [1.82, 2.24) is 14.9 Å². The molecule has 1 rings (SSSR count). The van der Waals surface area contributed by atoms with Crippen molar-refractivity contribution in [3.8, 4) is 0 Å². The highest BCUT2D eigenvalue weighted by atomic mass is 16.6. The molecule has 0 bridgehead atoms. The van der Waals surface area contributed by atoms with Crippen molar-refractivity contribution in [3.63, 3.8) is 0 Å². The Bertz CT molecular complexity index is 423.